The maximum Gasteiger partial charge on any atom is 0.408 e. The molecule has 4 amide bonds. The number of alkyl carbamates (subject to hydrolysis) is 1. The minimum atomic E-state index is -1.14. The van der Waals surface area contributed by atoms with Gasteiger partial charge in [0.1, 0.15) is 23.4 Å². The van der Waals surface area contributed by atoms with Gasteiger partial charge in [0.2, 0.25) is 17.7 Å². The number of carbonyl (C=O) groups excluding carboxylic acids is 4. The highest BCUT2D eigenvalue weighted by atomic mass is 16.6. The van der Waals surface area contributed by atoms with Crippen LogP contribution in [0.5, 0.6) is 5.75 Å². The minimum Gasteiger partial charge on any atom is -0.508 e. The fourth-order valence-corrected chi connectivity index (χ4v) is 4.27. The number of aromatic hydroxyl groups is 1. The molecule has 1 aromatic rings. The van der Waals surface area contributed by atoms with Crippen molar-refractivity contribution >= 4 is 23.8 Å². The molecule has 0 aliphatic carbocycles. The Morgan fingerprint density at radius 3 is 2.25 bits per heavy atom. The molecule has 0 saturated heterocycles. The molecule has 2 unspecified atom stereocenters. The van der Waals surface area contributed by atoms with E-state index in [0.29, 0.717) is 24.1 Å². The zero-order valence-electron chi connectivity index (χ0n) is 25.2. The Kier molecular flexibility index (Phi) is 15.1. The summed E-state index contributed by atoms with van der Waals surface area (Å²) in [6.07, 6.45) is 5.23. The first-order valence-corrected chi connectivity index (χ1v) is 14.5. The number of primary amides is 1. The molecular weight excluding hydrogens is 512 g/mol. The van der Waals surface area contributed by atoms with Crippen LogP contribution >= 0.6 is 0 Å². The fourth-order valence-electron chi connectivity index (χ4n) is 4.27. The van der Waals surface area contributed by atoms with Crippen molar-refractivity contribution in [3.05, 3.63) is 29.3 Å². The molecule has 1 rings (SSSR count). The van der Waals surface area contributed by atoms with Crippen molar-refractivity contribution in [2.45, 2.75) is 117 Å². The first kappa shape index (κ1) is 34.7. The quantitative estimate of drug-likeness (QED) is 0.204. The topological polar surface area (TPSA) is 151 Å². The Balaban J connectivity index is 3.50. The summed E-state index contributed by atoms with van der Waals surface area (Å²) >= 11 is 0. The Morgan fingerprint density at radius 1 is 1.02 bits per heavy atom. The van der Waals surface area contributed by atoms with Crippen molar-refractivity contribution < 1.29 is 29.0 Å². The summed E-state index contributed by atoms with van der Waals surface area (Å²) in [4.78, 5) is 53.6. The molecule has 0 fully saturated rings. The van der Waals surface area contributed by atoms with E-state index in [2.05, 4.69) is 24.5 Å². The number of hydrogen-bond acceptors (Lipinski definition) is 6. The van der Waals surface area contributed by atoms with E-state index < -0.39 is 35.6 Å². The molecule has 0 bridgehead atoms. The second kappa shape index (κ2) is 17.4. The van der Waals surface area contributed by atoms with Gasteiger partial charge >= 0.3 is 6.09 Å². The molecule has 2 atom stereocenters. The van der Waals surface area contributed by atoms with Gasteiger partial charge in [-0.05, 0) is 70.2 Å². The van der Waals surface area contributed by atoms with Crippen LogP contribution in [0.3, 0.4) is 0 Å². The molecular formula is C30H50N4O6. The zero-order valence-corrected chi connectivity index (χ0v) is 25.2. The number of hydrogen-bond donors (Lipinski definition) is 4. The molecule has 0 aliphatic heterocycles. The van der Waals surface area contributed by atoms with Gasteiger partial charge in [-0.1, -0.05) is 52.0 Å². The summed E-state index contributed by atoms with van der Waals surface area (Å²) in [6.45, 7) is 11.7. The monoisotopic (exact) mass is 562 g/mol. The average molecular weight is 563 g/mol. The molecule has 0 spiro atoms. The molecule has 0 saturated carbocycles. The summed E-state index contributed by atoms with van der Waals surface area (Å²) in [5.41, 5.74) is 5.68. The van der Waals surface area contributed by atoms with Gasteiger partial charge < -0.3 is 31.1 Å². The van der Waals surface area contributed by atoms with Crippen LogP contribution < -0.4 is 16.4 Å². The minimum absolute atomic E-state index is 0.0433. The zero-order chi connectivity index (χ0) is 30.3. The van der Waals surface area contributed by atoms with E-state index in [1.807, 2.05) is 0 Å². The van der Waals surface area contributed by atoms with Crippen molar-refractivity contribution in [3.8, 4) is 5.75 Å². The number of nitrogens with two attached hydrogens (primary N) is 1. The second-order valence-corrected chi connectivity index (χ2v) is 11.2. The van der Waals surface area contributed by atoms with Gasteiger partial charge in [-0.15, -0.1) is 0 Å². The molecule has 226 valence electrons. The molecule has 0 radical (unpaired) electrons. The van der Waals surface area contributed by atoms with Gasteiger partial charge in [0.05, 0.1) is 0 Å². The molecule has 10 heteroatoms. The van der Waals surface area contributed by atoms with Gasteiger partial charge in [-0.2, -0.15) is 0 Å². The molecule has 40 heavy (non-hydrogen) atoms. The SMILES string of the molecule is CCCCCCN(C(=O)C(CCC(N)=O)NC(=O)OC(C)(C)C)C(C(=O)NCCCCC)c1ccc(O)c(C)c1. The normalized spacial score (nSPS) is 12.8. The molecule has 1 aromatic carbocycles. The molecule has 0 aromatic heterocycles. The molecule has 10 nitrogen and oxygen atoms in total. The van der Waals surface area contributed by atoms with Crippen LogP contribution in [0.15, 0.2) is 18.2 Å². The van der Waals surface area contributed by atoms with Gasteiger partial charge in [0.15, 0.2) is 0 Å². The number of ether oxygens (including phenoxy) is 1. The van der Waals surface area contributed by atoms with E-state index in [1.165, 1.54) is 11.0 Å². The van der Waals surface area contributed by atoms with E-state index in [-0.39, 0.29) is 31.0 Å². The maximum atomic E-state index is 14.1. The second-order valence-electron chi connectivity index (χ2n) is 11.2. The molecule has 0 heterocycles. The van der Waals surface area contributed by atoms with Crippen molar-refractivity contribution in [1.82, 2.24) is 15.5 Å². The average Bonchev–Trinajstić information content (AvgIpc) is 2.86. The van der Waals surface area contributed by atoms with E-state index in [1.54, 1.807) is 39.8 Å². The highest BCUT2D eigenvalue weighted by molar-refractivity contribution is 5.92. The fraction of sp³-hybridized carbons (Fsp3) is 0.667. The number of nitrogens with zero attached hydrogens (tertiary/aromatic N) is 1. The highest BCUT2D eigenvalue weighted by Crippen LogP contribution is 2.28. The lowest BCUT2D eigenvalue weighted by molar-refractivity contribution is -0.142. The van der Waals surface area contributed by atoms with Crippen LogP contribution in [0.2, 0.25) is 0 Å². The summed E-state index contributed by atoms with van der Waals surface area (Å²) in [6, 6.07) is 2.68. The number of aryl methyl sites for hydroxylation is 1. The number of nitrogens with one attached hydrogen (secondary N) is 2. The Labute approximate surface area is 239 Å². The van der Waals surface area contributed by atoms with Crippen LogP contribution in [0.1, 0.15) is 110 Å². The van der Waals surface area contributed by atoms with Gasteiger partial charge in [0, 0.05) is 19.5 Å². The third kappa shape index (κ3) is 12.7. The lowest BCUT2D eigenvalue weighted by Crippen LogP contribution is -2.53. The molecule has 0 aliphatic rings. The Bertz CT molecular complexity index is 975. The van der Waals surface area contributed by atoms with Crippen molar-refractivity contribution in [2.75, 3.05) is 13.1 Å². The number of rotatable bonds is 17. The van der Waals surface area contributed by atoms with Gasteiger partial charge in [0.25, 0.3) is 0 Å². The maximum absolute atomic E-state index is 14.1. The number of carbonyl (C=O) groups is 4. The van der Waals surface area contributed by atoms with Gasteiger partial charge in [-0.3, -0.25) is 14.4 Å². The van der Waals surface area contributed by atoms with E-state index in [0.717, 1.165) is 38.5 Å². The van der Waals surface area contributed by atoms with Crippen molar-refractivity contribution in [2.24, 2.45) is 5.73 Å². The van der Waals surface area contributed by atoms with E-state index >= 15 is 0 Å². The third-order valence-corrected chi connectivity index (χ3v) is 6.38. The predicted molar refractivity (Wildman–Crippen MR) is 156 cm³/mol. The predicted octanol–water partition coefficient (Wildman–Crippen LogP) is 4.62. The largest absolute Gasteiger partial charge is 0.508 e. The highest BCUT2D eigenvalue weighted by Gasteiger charge is 2.36. The van der Waals surface area contributed by atoms with E-state index in [4.69, 9.17) is 10.5 Å². The van der Waals surface area contributed by atoms with Crippen LogP contribution in [-0.4, -0.2) is 58.6 Å². The number of unbranched alkanes of at least 4 members (excludes halogenated alkanes) is 5. The van der Waals surface area contributed by atoms with Crippen LogP contribution in [0, 0.1) is 6.92 Å². The van der Waals surface area contributed by atoms with Crippen molar-refractivity contribution in [1.29, 1.82) is 0 Å². The molecule has 5 N–H and O–H groups in total. The number of amides is 4. The lowest BCUT2D eigenvalue weighted by atomic mass is 9.99. The smallest absolute Gasteiger partial charge is 0.408 e. The standard InChI is InChI=1S/C30H50N4O6/c1-7-9-11-13-19-34(28(38)23(15-17-25(31)36)33-29(39)40-30(4,5)6)26(27(37)32-18-12-10-8-2)22-14-16-24(35)21(3)20-22/h14,16,20,23,26,35H,7-13,15,17-19H2,1-6H3,(H2,31,36)(H,32,37)(H,33,39). The van der Waals surface area contributed by atoms with Crippen molar-refractivity contribution in [3.63, 3.8) is 0 Å². The Hall–Kier alpha value is -3.30. The summed E-state index contributed by atoms with van der Waals surface area (Å²) < 4.78 is 5.37. The summed E-state index contributed by atoms with van der Waals surface area (Å²) in [5, 5.41) is 15.7. The first-order valence-electron chi connectivity index (χ1n) is 14.5. The lowest BCUT2D eigenvalue weighted by Gasteiger charge is -2.35. The van der Waals surface area contributed by atoms with Gasteiger partial charge in [-0.25, -0.2) is 4.79 Å². The summed E-state index contributed by atoms with van der Waals surface area (Å²) in [5.74, 6) is -1.39. The Morgan fingerprint density at radius 2 is 1.68 bits per heavy atom. The van der Waals surface area contributed by atoms with Crippen LogP contribution in [-0.2, 0) is 19.1 Å². The number of phenols is 1. The number of phenolic OH excluding ortho intramolecular Hbond substituents is 1. The first-order chi connectivity index (χ1) is 18.8. The number of benzene rings is 1. The van der Waals surface area contributed by atoms with E-state index in [9.17, 15) is 24.3 Å². The summed E-state index contributed by atoms with van der Waals surface area (Å²) in [7, 11) is 0. The van der Waals surface area contributed by atoms with Crippen LogP contribution in [0.4, 0.5) is 4.79 Å². The third-order valence-electron chi connectivity index (χ3n) is 6.38. The van der Waals surface area contributed by atoms with Crippen LogP contribution in [0.25, 0.3) is 0 Å².